The van der Waals surface area contributed by atoms with Crippen LogP contribution in [0.15, 0.2) is 18.2 Å². The van der Waals surface area contributed by atoms with Crippen molar-refractivity contribution in [2.75, 3.05) is 18.4 Å². The topological polar surface area (TPSA) is 39.1 Å². The van der Waals surface area contributed by atoms with Crippen molar-refractivity contribution in [3.8, 4) is 6.07 Å². The van der Waals surface area contributed by atoms with E-state index in [0.717, 1.165) is 18.7 Å². The maximum Gasteiger partial charge on any atom is 0.143 e. The molecule has 4 heteroatoms. The van der Waals surface area contributed by atoms with Crippen LogP contribution < -0.4 is 5.32 Å². The van der Waals surface area contributed by atoms with Gasteiger partial charge in [0.05, 0.1) is 5.56 Å². The first-order chi connectivity index (χ1) is 9.28. The summed E-state index contributed by atoms with van der Waals surface area (Å²) < 4.78 is 13.6. The molecule has 0 amide bonds. The van der Waals surface area contributed by atoms with E-state index in [1.54, 1.807) is 12.1 Å². The van der Waals surface area contributed by atoms with Crippen LogP contribution >= 0.6 is 0 Å². The number of anilines is 1. The molecular weight excluding hydrogens is 241 g/mol. The van der Waals surface area contributed by atoms with Gasteiger partial charge in [0, 0.05) is 24.3 Å². The van der Waals surface area contributed by atoms with Crippen LogP contribution in [0.5, 0.6) is 0 Å². The van der Waals surface area contributed by atoms with E-state index in [4.69, 9.17) is 5.26 Å². The van der Waals surface area contributed by atoms with Gasteiger partial charge in [-0.3, -0.25) is 4.90 Å². The second-order valence-corrected chi connectivity index (χ2v) is 5.45. The Morgan fingerprint density at radius 3 is 2.95 bits per heavy atom. The Morgan fingerprint density at radius 1 is 1.26 bits per heavy atom. The van der Waals surface area contributed by atoms with Gasteiger partial charge in [0.25, 0.3) is 0 Å². The van der Waals surface area contributed by atoms with Crippen molar-refractivity contribution in [2.45, 2.75) is 37.8 Å². The fourth-order valence-electron chi connectivity index (χ4n) is 3.33. The summed E-state index contributed by atoms with van der Waals surface area (Å²) in [6, 6.07) is 7.63. The highest BCUT2D eigenvalue weighted by Crippen LogP contribution is 2.29. The molecule has 3 nitrogen and oxygen atoms in total. The number of hydrogen-bond acceptors (Lipinski definition) is 3. The first-order valence-electron chi connectivity index (χ1n) is 6.98. The van der Waals surface area contributed by atoms with Crippen LogP contribution in [0, 0.1) is 17.1 Å². The highest BCUT2D eigenvalue weighted by Gasteiger charge is 2.35. The Morgan fingerprint density at radius 2 is 2.16 bits per heavy atom. The van der Waals surface area contributed by atoms with E-state index >= 15 is 0 Å². The van der Waals surface area contributed by atoms with E-state index in [0.29, 0.717) is 12.1 Å². The molecule has 0 aliphatic carbocycles. The summed E-state index contributed by atoms with van der Waals surface area (Å²) in [5, 5.41) is 12.2. The van der Waals surface area contributed by atoms with Crippen molar-refractivity contribution < 1.29 is 4.39 Å². The molecule has 19 heavy (non-hydrogen) atoms. The number of nitrogens with zero attached hydrogens (tertiary/aromatic N) is 2. The van der Waals surface area contributed by atoms with Crippen molar-refractivity contribution in [3.63, 3.8) is 0 Å². The van der Waals surface area contributed by atoms with Gasteiger partial charge in [0.1, 0.15) is 11.9 Å². The van der Waals surface area contributed by atoms with E-state index < -0.39 is 5.82 Å². The molecule has 3 rings (SSSR count). The third kappa shape index (κ3) is 2.43. The molecule has 1 aromatic rings. The minimum Gasteiger partial charge on any atom is -0.381 e. The lowest BCUT2D eigenvalue weighted by Crippen LogP contribution is -2.41. The summed E-state index contributed by atoms with van der Waals surface area (Å²) in [5.41, 5.74) is 0.894. The minimum atomic E-state index is -0.439. The van der Waals surface area contributed by atoms with Crippen molar-refractivity contribution >= 4 is 5.69 Å². The van der Waals surface area contributed by atoms with Gasteiger partial charge in [-0.2, -0.15) is 5.26 Å². The number of hydrogen-bond donors (Lipinski definition) is 1. The number of nitrogens with one attached hydrogen (secondary N) is 1. The largest absolute Gasteiger partial charge is 0.381 e. The normalized spacial score (nSPS) is 26.7. The maximum absolute atomic E-state index is 13.6. The summed E-state index contributed by atoms with van der Waals surface area (Å²) in [4.78, 5) is 2.54. The van der Waals surface area contributed by atoms with Crippen LogP contribution in [0.4, 0.5) is 10.1 Å². The average Bonchev–Trinajstić information content (AvgIpc) is 2.83. The smallest absolute Gasteiger partial charge is 0.143 e. The summed E-state index contributed by atoms with van der Waals surface area (Å²) in [7, 11) is 0. The molecule has 2 unspecified atom stereocenters. The van der Waals surface area contributed by atoms with E-state index in [2.05, 4.69) is 10.2 Å². The molecule has 100 valence electrons. The Bertz CT molecular complexity index is 509. The predicted octanol–water partition coefficient (Wildman–Crippen LogP) is 2.74. The van der Waals surface area contributed by atoms with Crippen LogP contribution in [-0.2, 0) is 0 Å². The van der Waals surface area contributed by atoms with E-state index in [1.165, 1.54) is 31.9 Å². The van der Waals surface area contributed by atoms with Crippen molar-refractivity contribution in [2.24, 2.45) is 0 Å². The molecular formula is C15H18FN3. The zero-order chi connectivity index (χ0) is 13.2. The van der Waals surface area contributed by atoms with Crippen LogP contribution in [0.1, 0.15) is 31.2 Å². The highest BCUT2D eigenvalue weighted by molar-refractivity contribution is 5.49. The van der Waals surface area contributed by atoms with Gasteiger partial charge < -0.3 is 5.32 Å². The van der Waals surface area contributed by atoms with Gasteiger partial charge >= 0.3 is 0 Å². The number of halogens is 1. The molecule has 2 saturated heterocycles. The minimum absolute atomic E-state index is 0.108. The molecule has 0 bridgehead atoms. The summed E-state index contributed by atoms with van der Waals surface area (Å²) in [6.07, 6.45) is 4.94. The standard InChI is InChI=1S/C15H18FN3/c16-13-9-12(5-4-11(13)10-17)18-14-6-8-19-7-2-1-3-15(14)19/h4-5,9,14-15,18H,1-3,6-8H2. The van der Waals surface area contributed by atoms with Gasteiger partial charge in [0.15, 0.2) is 0 Å². The molecule has 1 aromatic carbocycles. The second-order valence-electron chi connectivity index (χ2n) is 5.45. The van der Waals surface area contributed by atoms with Gasteiger partial charge in [-0.05, 0) is 44.0 Å². The molecule has 0 radical (unpaired) electrons. The van der Waals surface area contributed by atoms with E-state index in [9.17, 15) is 4.39 Å². The number of rotatable bonds is 2. The Hall–Kier alpha value is -1.60. The lowest BCUT2D eigenvalue weighted by Gasteiger charge is -2.33. The summed E-state index contributed by atoms with van der Waals surface area (Å²) in [6.45, 7) is 2.34. The van der Waals surface area contributed by atoms with Gasteiger partial charge in [-0.25, -0.2) is 4.39 Å². The Kier molecular flexibility index (Phi) is 3.39. The molecule has 0 saturated carbocycles. The first kappa shape index (κ1) is 12.4. The third-order valence-electron chi connectivity index (χ3n) is 4.30. The van der Waals surface area contributed by atoms with E-state index in [-0.39, 0.29) is 5.56 Å². The van der Waals surface area contributed by atoms with Gasteiger partial charge in [-0.15, -0.1) is 0 Å². The number of piperidine rings is 1. The number of fused-ring (bicyclic) bond motifs is 1. The molecule has 0 spiro atoms. The monoisotopic (exact) mass is 259 g/mol. The summed E-state index contributed by atoms with van der Waals surface area (Å²) >= 11 is 0. The molecule has 2 atom stereocenters. The zero-order valence-corrected chi connectivity index (χ0v) is 10.9. The fourth-order valence-corrected chi connectivity index (χ4v) is 3.33. The lowest BCUT2D eigenvalue weighted by atomic mass is 9.99. The SMILES string of the molecule is N#Cc1ccc(NC2CCN3CCCCC23)cc1F. The first-order valence-corrected chi connectivity index (χ1v) is 6.98. The van der Waals surface area contributed by atoms with Crippen molar-refractivity contribution in [1.29, 1.82) is 5.26 Å². The summed E-state index contributed by atoms with van der Waals surface area (Å²) in [5.74, 6) is -0.439. The van der Waals surface area contributed by atoms with Crippen molar-refractivity contribution in [3.05, 3.63) is 29.6 Å². The maximum atomic E-state index is 13.6. The quantitative estimate of drug-likeness (QED) is 0.887. The molecule has 1 N–H and O–H groups in total. The predicted molar refractivity (Wildman–Crippen MR) is 72.4 cm³/mol. The lowest BCUT2D eigenvalue weighted by molar-refractivity contribution is 0.193. The molecule has 2 aliphatic heterocycles. The molecule has 2 fully saturated rings. The van der Waals surface area contributed by atoms with E-state index in [1.807, 2.05) is 6.07 Å². The Balaban J connectivity index is 1.71. The van der Waals surface area contributed by atoms with Crippen LogP contribution in [0.2, 0.25) is 0 Å². The third-order valence-corrected chi connectivity index (χ3v) is 4.30. The van der Waals surface area contributed by atoms with Gasteiger partial charge in [0.2, 0.25) is 0 Å². The molecule has 0 aromatic heterocycles. The molecule has 2 aliphatic rings. The second kappa shape index (κ2) is 5.18. The molecule has 2 heterocycles. The number of benzene rings is 1. The Labute approximate surface area is 113 Å². The van der Waals surface area contributed by atoms with Crippen LogP contribution in [0.25, 0.3) is 0 Å². The number of nitriles is 1. The van der Waals surface area contributed by atoms with Crippen LogP contribution in [-0.4, -0.2) is 30.1 Å². The van der Waals surface area contributed by atoms with Gasteiger partial charge in [-0.1, -0.05) is 6.42 Å². The average molecular weight is 259 g/mol. The highest BCUT2D eigenvalue weighted by atomic mass is 19.1. The zero-order valence-electron chi connectivity index (χ0n) is 10.9. The van der Waals surface area contributed by atoms with Crippen LogP contribution in [0.3, 0.4) is 0 Å². The van der Waals surface area contributed by atoms with Crippen molar-refractivity contribution in [1.82, 2.24) is 4.90 Å². The fraction of sp³-hybridized carbons (Fsp3) is 0.533.